The summed E-state index contributed by atoms with van der Waals surface area (Å²) in [6.07, 6.45) is -1.21. The molecule has 1 heterocycles. The van der Waals surface area contributed by atoms with E-state index in [1.165, 1.54) is 19.2 Å². The molecule has 8 nitrogen and oxygen atoms in total. The van der Waals surface area contributed by atoms with Gasteiger partial charge in [0, 0.05) is 25.5 Å². The largest absolute Gasteiger partial charge is 0.481 e. The molecule has 1 aliphatic carbocycles. The lowest BCUT2D eigenvalue weighted by Crippen LogP contribution is -2.38. The fraction of sp³-hybridized carbons (Fsp3) is 0.423. The topological polar surface area (TPSA) is 114 Å². The van der Waals surface area contributed by atoms with E-state index in [0.717, 1.165) is 5.56 Å². The van der Waals surface area contributed by atoms with Crippen molar-refractivity contribution in [3.63, 3.8) is 0 Å². The number of carboxylic acids is 1. The number of H-pyrrole nitrogens is 1. The van der Waals surface area contributed by atoms with E-state index in [1.54, 1.807) is 24.3 Å². The number of amides is 1. The third kappa shape index (κ3) is 6.22. The van der Waals surface area contributed by atoms with Crippen LogP contribution in [0.25, 0.3) is 11.0 Å². The van der Waals surface area contributed by atoms with E-state index in [-0.39, 0.29) is 61.3 Å². The highest BCUT2D eigenvalue weighted by atomic mass is 19.3. The molecule has 0 spiro atoms. The molecule has 0 radical (unpaired) electrons. The Labute approximate surface area is 211 Å². The number of carbonyl (C=O) groups is 2. The van der Waals surface area contributed by atoms with Gasteiger partial charge in [0.15, 0.2) is 5.82 Å². The van der Waals surface area contributed by atoms with Gasteiger partial charge in [0.05, 0.1) is 18.2 Å². The van der Waals surface area contributed by atoms with E-state index in [0.29, 0.717) is 0 Å². The number of benzene rings is 2. The van der Waals surface area contributed by atoms with Crippen molar-refractivity contribution in [2.75, 3.05) is 13.7 Å². The number of hydrogen-bond acceptors (Lipinski definition) is 5. The van der Waals surface area contributed by atoms with Crippen LogP contribution in [-0.4, -0.2) is 46.8 Å². The number of halogens is 3. The molecule has 11 heteroatoms. The Kier molecular flexibility index (Phi) is 8.01. The van der Waals surface area contributed by atoms with Crippen LogP contribution in [0.1, 0.15) is 54.6 Å². The lowest BCUT2D eigenvalue weighted by Gasteiger charge is -2.33. The zero-order chi connectivity index (χ0) is 26.6. The van der Waals surface area contributed by atoms with Gasteiger partial charge in [0.2, 0.25) is 5.92 Å². The predicted molar refractivity (Wildman–Crippen MR) is 128 cm³/mol. The monoisotopic (exact) mass is 519 g/mol. The fourth-order valence-corrected chi connectivity index (χ4v) is 4.65. The van der Waals surface area contributed by atoms with Crippen LogP contribution in [0.3, 0.4) is 0 Å². The van der Waals surface area contributed by atoms with Gasteiger partial charge in [0.1, 0.15) is 23.9 Å². The van der Waals surface area contributed by atoms with Crippen molar-refractivity contribution in [2.45, 2.75) is 50.2 Å². The zero-order valence-corrected chi connectivity index (χ0v) is 20.2. The molecule has 0 aliphatic heterocycles. The van der Waals surface area contributed by atoms with Crippen LogP contribution < -0.4 is 5.32 Å². The van der Waals surface area contributed by atoms with Crippen LogP contribution in [0, 0.1) is 11.7 Å². The first-order chi connectivity index (χ1) is 17.7. The number of ether oxygens (including phenoxy) is 2. The van der Waals surface area contributed by atoms with Gasteiger partial charge in [-0.1, -0.05) is 36.4 Å². The molecule has 3 aromatic rings. The second kappa shape index (κ2) is 11.2. The lowest BCUT2D eigenvalue weighted by molar-refractivity contribution is -0.140. The van der Waals surface area contributed by atoms with Crippen molar-refractivity contribution < 1.29 is 37.3 Å². The standard InChI is InChI=1S/C26H28F3N3O5/c1-36-14-18(24(33)34)17-7-8-19-22(20(17)27)31-23(30-19)21(16-9-11-26(28,29)12-10-16)32-25(35)37-13-15-5-3-2-4-6-15/h2-8,16,18,21H,9-14H2,1H3,(H,30,31)(H,32,35)(H,33,34). The summed E-state index contributed by atoms with van der Waals surface area (Å²) in [4.78, 5) is 31.6. The van der Waals surface area contributed by atoms with Crippen molar-refractivity contribution in [3.05, 3.63) is 65.2 Å². The summed E-state index contributed by atoms with van der Waals surface area (Å²) in [5.74, 6) is -6.32. The minimum atomic E-state index is -2.78. The van der Waals surface area contributed by atoms with Crippen LogP contribution >= 0.6 is 0 Å². The van der Waals surface area contributed by atoms with Crippen molar-refractivity contribution in [3.8, 4) is 0 Å². The number of nitrogens with one attached hydrogen (secondary N) is 2. The van der Waals surface area contributed by atoms with Gasteiger partial charge in [-0.2, -0.15) is 0 Å². The first-order valence-electron chi connectivity index (χ1n) is 11.9. The van der Waals surface area contributed by atoms with E-state index in [9.17, 15) is 23.5 Å². The molecular formula is C26H28F3N3O5. The maximum Gasteiger partial charge on any atom is 0.408 e. The number of alkyl carbamates (subject to hydrolysis) is 1. The van der Waals surface area contributed by atoms with Crippen LogP contribution in [0.2, 0.25) is 0 Å². The van der Waals surface area contributed by atoms with E-state index < -0.39 is 41.7 Å². The Morgan fingerprint density at radius 1 is 1.19 bits per heavy atom. The molecule has 1 aliphatic rings. The van der Waals surface area contributed by atoms with Crippen molar-refractivity contribution in [2.24, 2.45) is 5.92 Å². The predicted octanol–water partition coefficient (Wildman–Crippen LogP) is 5.31. The highest BCUT2D eigenvalue weighted by Crippen LogP contribution is 2.41. The number of hydrogen-bond donors (Lipinski definition) is 3. The van der Waals surface area contributed by atoms with E-state index in [1.807, 2.05) is 6.07 Å². The molecule has 0 saturated heterocycles. The molecule has 4 rings (SSSR count). The van der Waals surface area contributed by atoms with E-state index in [2.05, 4.69) is 15.3 Å². The zero-order valence-electron chi connectivity index (χ0n) is 20.2. The number of carboxylic acid groups (broad SMARTS) is 1. The summed E-state index contributed by atoms with van der Waals surface area (Å²) in [7, 11) is 1.32. The molecule has 37 heavy (non-hydrogen) atoms. The molecule has 1 aromatic heterocycles. The fourth-order valence-electron chi connectivity index (χ4n) is 4.65. The summed E-state index contributed by atoms with van der Waals surface area (Å²) in [5, 5.41) is 12.2. The first kappa shape index (κ1) is 26.5. The third-order valence-electron chi connectivity index (χ3n) is 6.66. The molecule has 1 fully saturated rings. The van der Waals surface area contributed by atoms with Gasteiger partial charge in [-0.3, -0.25) is 4.79 Å². The molecular weight excluding hydrogens is 491 g/mol. The minimum Gasteiger partial charge on any atom is -0.481 e. The van der Waals surface area contributed by atoms with Crippen molar-refractivity contribution in [1.29, 1.82) is 0 Å². The maximum atomic E-state index is 15.4. The summed E-state index contributed by atoms with van der Waals surface area (Å²) < 4.78 is 53.3. The summed E-state index contributed by atoms with van der Waals surface area (Å²) in [5.41, 5.74) is 0.849. The Hall–Kier alpha value is -3.60. The van der Waals surface area contributed by atoms with Gasteiger partial charge < -0.3 is 24.9 Å². The average molecular weight is 520 g/mol. The first-order valence-corrected chi connectivity index (χ1v) is 11.9. The van der Waals surface area contributed by atoms with Crippen LogP contribution in [0.4, 0.5) is 18.0 Å². The SMILES string of the molecule is COCC(C(=O)O)c1ccc2[nH]c(C(NC(=O)OCc3ccccc3)C3CCC(F)(F)CC3)nc2c1F. The Balaban J connectivity index is 1.62. The average Bonchev–Trinajstić information content (AvgIpc) is 3.31. The Bertz CT molecular complexity index is 1240. The number of carbonyl (C=O) groups excluding carboxylic acids is 1. The number of methoxy groups -OCH3 is 1. The highest BCUT2D eigenvalue weighted by Gasteiger charge is 2.40. The summed E-state index contributed by atoms with van der Waals surface area (Å²) >= 11 is 0. The Morgan fingerprint density at radius 3 is 2.54 bits per heavy atom. The number of imidazole rings is 1. The number of aromatic amines is 1. The smallest absolute Gasteiger partial charge is 0.408 e. The second-order valence-electron chi connectivity index (χ2n) is 9.21. The Morgan fingerprint density at radius 2 is 1.89 bits per heavy atom. The van der Waals surface area contributed by atoms with Crippen LogP contribution in [0.15, 0.2) is 42.5 Å². The number of rotatable bonds is 9. The molecule has 198 valence electrons. The molecule has 2 atom stereocenters. The molecule has 2 unspecified atom stereocenters. The van der Waals surface area contributed by atoms with Crippen LogP contribution in [0.5, 0.6) is 0 Å². The number of nitrogens with zero attached hydrogens (tertiary/aromatic N) is 1. The van der Waals surface area contributed by atoms with Crippen LogP contribution in [-0.2, 0) is 20.9 Å². The molecule has 3 N–H and O–H groups in total. The van der Waals surface area contributed by atoms with Crippen molar-refractivity contribution in [1.82, 2.24) is 15.3 Å². The number of fused-ring (bicyclic) bond motifs is 1. The lowest BCUT2D eigenvalue weighted by atomic mass is 9.82. The van der Waals surface area contributed by atoms with Gasteiger partial charge in [-0.25, -0.2) is 22.9 Å². The van der Waals surface area contributed by atoms with Gasteiger partial charge in [-0.05, 0) is 30.4 Å². The number of aliphatic carboxylic acids is 1. The van der Waals surface area contributed by atoms with Gasteiger partial charge in [0.25, 0.3) is 0 Å². The van der Waals surface area contributed by atoms with Crippen molar-refractivity contribution >= 4 is 23.1 Å². The summed E-state index contributed by atoms with van der Waals surface area (Å²) in [6.45, 7) is -0.223. The molecule has 0 bridgehead atoms. The van der Waals surface area contributed by atoms with Gasteiger partial charge in [-0.15, -0.1) is 0 Å². The second-order valence-corrected chi connectivity index (χ2v) is 9.21. The third-order valence-corrected chi connectivity index (χ3v) is 6.66. The van der Waals surface area contributed by atoms with Gasteiger partial charge >= 0.3 is 12.1 Å². The minimum absolute atomic E-state index is 0.0102. The normalized spacial score (nSPS) is 17.3. The van der Waals surface area contributed by atoms with E-state index in [4.69, 9.17) is 9.47 Å². The number of alkyl halides is 2. The van der Waals surface area contributed by atoms with E-state index >= 15 is 4.39 Å². The highest BCUT2D eigenvalue weighted by molar-refractivity contribution is 5.82. The quantitative estimate of drug-likeness (QED) is 0.353. The molecule has 1 amide bonds. The molecule has 1 saturated carbocycles. The molecule has 2 aromatic carbocycles. The number of aromatic nitrogens is 2. The maximum absolute atomic E-state index is 15.4. The summed E-state index contributed by atoms with van der Waals surface area (Å²) in [6, 6.07) is 11.0.